The first-order valence-electron chi connectivity index (χ1n) is 11.3. The molecule has 4 heteroatoms. The Hall–Kier alpha value is -2.35. The number of carboxylic acids is 1. The lowest BCUT2D eigenvalue weighted by atomic mass is 9.97. The zero-order valence-corrected chi connectivity index (χ0v) is 19.5. The second-order valence-corrected chi connectivity index (χ2v) is 9.08. The van der Waals surface area contributed by atoms with Gasteiger partial charge in [-0.2, -0.15) is 0 Å². The molecule has 3 rings (SSSR count). The molecular weight excluding hydrogens is 404 g/mol. The lowest BCUT2D eigenvalue weighted by molar-refractivity contribution is 0.0702. The number of aliphatic hydroxyl groups excluding tert-OH is 1. The Bertz CT molecular complexity index is 899. The van der Waals surface area contributed by atoms with Crippen molar-refractivity contribution in [1.82, 2.24) is 0 Å². The number of carbonyl (C=O) groups is 1. The van der Waals surface area contributed by atoms with Gasteiger partial charge in [-0.15, -0.1) is 17.8 Å². The number of aromatic carboxylic acids is 1. The molecule has 0 saturated carbocycles. The standard InChI is InChI=1S/C19H24O.C8H10O2S/c1-3-5-6-10-19(20)17-13-11-16(12-14-17)18-9-7-8-15(18)4-2;1-2-3-6-4-5-7(11-6)8(9)10/h2,11-14,19-20H,3,5-10H2,1H3;4-5H,2-3H2,1H3,(H,9,10). The highest BCUT2D eigenvalue weighted by Crippen LogP contribution is 2.34. The first-order valence-corrected chi connectivity index (χ1v) is 12.1. The van der Waals surface area contributed by atoms with Crippen molar-refractivity contribution in [3.05, 3.63) is 62.9 Å². The highest BCUT2D eigenvalue weighted by molar-refractivity contribution is 7.13. The number of allylic oxidation sites excluding steroid dienone is 2. The van der Waals surface area contributed by atoms with Crippen LogP contribution in [0.2, 0.25) is 0 Å². The second kappa shape index (κ2) is 13.1. The first-order chi connectivity index (χ1) is 15.0. The SMILES string of the molecule is C#CC1=C(c2ccc(C(O)CCCCC)cc2)CCC1.CCCc1ccc(C(=O)O)s1. The number of unbranched alkanes of at least 4 members (excludes halogenated alkanes) is 2. The summed E-state index contributed by atoms with van der Waals surface area (Å²) in [5.74, 6) is 1.99. The zero-order chi connectivity index (χ0) is 22.6. The Morgan fingerprint density at radius 1 is 1.10 bits per heavy atom. The molecule has 1 atom stereocenters. The molecule has 166 valence electrons. The number of terminal acetylenes is 1. The third kappa shape index (κ3) is 7.69. The predicted octanol–water partition coefficient (Wildman–Crippen LogP) is 7.27. The largest absolute Gasteiger partial charge is 0.477 e. The van der Waals surface area contributed by atoms with Crippen molar-refractivity contribution >= 4 is 22.9 Å². The van der Waals surface area contributed by atoms with Crippen LogP contribution in [0.25, 0.3) is 5.57 Å². The number of thiophene rings is 1. The molecule has 0 bridgehead atoms. The molecule has 0 fully saturated rings. The van der Waals surface area contributed by atoms with Crippen LogP contribution in [-0.4, -0.2) is 16.2 Å². The molecule has 2 N–H and O–H groups in total. The molecule has 0 saturated heterocycles. The number of rotatable bonds is 9. The molecule has 0 aliphatic heterocycles. The maximum atomic E-state index is 10.4. The summed E-state index contributed by atoms with van der Waals surface area (Å²) in [6.45, 7) is 4.26. The summed E-state index contributed by atoms with van der Waals surface area (Å²) in [6.07, 6.45) is 14.9. The van der Waals surface area contributed by atoms with Crippen LogP contribution in [-0.2, 0) is 6.42 Å². The molecule has 1 aliphatic carbocycles. The van der Waals surface area contributed by atoms with E-state index in [0.29, 0.717) is 4.88 Å². The van der Waals surface area contributed by atoms with Gasteiger partial charge >= 0.3 is 5.97 Å². The van der Waals surface area contributed by atoms with E-state index < -0.39 is 5.97 Å². The van der Waals surface area contributed by atoms with E-state index >= 15 is 0 Å². The topological polar surface area (TPSA) is 57.5 Å². The minimum atomic E-state index is -0.822. The van der Waals surface area contributed by atoms with Gasteiger partial charge in [0, 0.05) is 10.5 Å². The van der Waals surface area contributed by atoms with Gasteiger partial charge in [0.2, 0.25) is 0 Å². The summed E-state index contributed by atoms with van der Waals surface area (Å²) >= 11 is 1.37. The van der Waals surface area contributed by atoms with Crippen molar-refractivity contribution < 1.29 is 15.0 Å². The number of aliphatic hydroxyl groups is 1. The van der Waals surface area contributed by atoms with Crippen LogP contribution in [0, 0.1) is 12.3 Å². The number of benzene rings is 1. The molecular formula is C27H34O3S. The summed E-state index contributed by atoms with van der Waals surface area (Å²) < 4.78 is 0. The summed E-state index contributed by atoms with van der Waals surface area (Å²) in [6, 6.07) is 11.9. The quantitative estimate of drug-likeness (QED) is 0.320. The Balaban J connectivity index is 0.000000262. The zero-order valence-electron chi connectivity index (χ0n) is 18.7. The van der Waals surface area contributed by atoms with Gasteiger partial charge in [-0.3, -0.25) is 0 Å². The summed E-state index contributed by atoms with van der Waals surface area (Å²) in [7, 11) is 0. The van der Waals surface area contributed by atoms with E-state index in [9.17, 15) is 9.90 Å². The Morgan fingerprint density at radius 3 is 2.42 bits per heavy atom. The highest BCUT2D eigenvalue weighted by Gasteiger charge is 2.15. The lowest BCUT2D eigenvalue weighted by Gasteiger charge is -2.12. The van der Waals surface area contributed by atoms with Crippen LogP contribution in [0.4, 0.5) is 0 Å². The predicted molar refractivity (Wildman–Crippen MR) is 130 cm³/mol. The van der Waals surface area contributed by atoms with Crippen molar-refractivity contribution in [3.63, 3.8) is 0 Å². The highest BCUT2D eigenvalue weighted by atomic mass is 32.1. The van der Waals surface area contributed by atoms with E-state index in [4.69, 9.17) is 11.5 Å². The van der Waals surface area contributed by atoms with Gasteiger partial charge in [-0.1, -0.05) is 69.7 Å². The molecule has 31 heavy (non-hydrogen) atoms. The monoisotopic (exact) mass is 438 g/mol. The summed E-state index contributed by atoms with van der Waals surface area (Å²) in [5, 5.41) is 18.7. The average molecular weight is 439 g/mol. The van der Waals surface area contributed by atoms with Crippen LogP contribution in [0.3, 0.4) is 0 Å². The van der Waals surface area contributed by atoms with Crippen LogP contribution in [0.15, 0.2) is 42.0 Å². The van der Waals surface area contributed by atoms with E-state index in [2.05, 4.69) is 31.9 Å². The van der Waals surface area contributed by atoms with Gasteiger partial charge in [0.15, 0.2) is 0 Å². The molecule has 1 aromatic carbocycles. The number of hydrogen-bond donors (Lipinski definition) is 2. The average Bonchev–Trinajstić information content (AvgIpc) is 3.44. The fourth-order valence-corrected chi connectivity index (χ4v) is 4.70. The maximum Gasteiger partial charge on any atom is 0.345 e. The number of carboxylic acid groups (broad SMARTS) is 1. The Labute approximate surface area is 190 Å². The minimum Gasteiger partial charge on any atom is -0.477 e. The maximum absolute atomic E-state index is 10.4. The van der Waals surface area contributed by atoms with E-state index in [0.717, 1.165) is 61.0 Å². The Morgan fingerprint density at radius 2 is 1.84 bits per heavy atom. The minimum absolute atomic E-state index is 0.333. The van der Waals surface area contributed by atoms with E-state index in [-0.39, 0.29) is 6.10 Å². The van der Waals surface area contributed by atoms with Crippen molar-refractivity contribution in [3.8, 4) is 12.3 Å². The van der Waals surface area contributed by atoms with Gasteiger partial charge in [0.05, 0.1) is 6.10 Å². The van der Waals surface area contributed by atoms with E-state index in [1.54, 1.807) is 6.07 Å². The van der Waals surface area contributed by atoms with Crippen molar-refractivity contribution in [2.45, 2.75) is 77.7 Å². The molecule has 3 nitrogen and oxygen atoms in total. The molecule has 0 radical (unpaired) electrons. The molecule has 1 heterocycles. The molecule has 0 spiro atoms. The number of hydrogen-bond acceptors (Lipinski definition) is 3. The van der Waals surface area contributed by atoms with Gasteiger partial charge in [-0.05, 0) is 60.9 Å². The van der Waals surface area contributed by atoms with Crippen LogP contribution < -0.4 is 0 Å². The fourth-order valence-electron chi connectivity index (χ4n) is 3.76. The normalized spacial score (nSPS) is 14.0. The van der Waals surface area contributed by atoms with E-state index in [1.807, 2.05) is 18.2 Å². The molecule has 2 aromatic rings. The summed E-state index contributed by atoms with van der Waals surface area (Å²) in [4.78, 5) is 12.0. The van der Waals surface area contributed by atoms with Gasteiger partial charge in [0.1, 0.15) is 4.88 Å². The van der Waals surface area contributed by atoms with Crippen LogP contribution >= 0.6 is 11.3 Å². The molecule has 1 aliphatic rings. The van der Waals surface area contributed by atoms with Gasteiger partial charge in [-0.25, -0.2) is 4.79 Å². The lowest BCUT2D eigenvalue weighted by Crippen LogP contribution is -1.97. The van der Waals surface area contributed by atoms with Gasteiger partial charge < -0.3 is 10.2 Å². The summed E-state index contributed by atoms with van der Waals surface area (Å²) in [5.41, 5.74) is 4.71. The molecule has 1 aromatic heterocycles. The van der Waals surface area contributed by atoms with Crippen molar-refractivity contribution in [2.24, 2.45) is 0 Å². The first kappa shape index (κ1) is 24.9. The van der Waals surface area contributed by atoms with E-state index in [1.165, 1.54) is 35.3 Å². The fraction of sp³-hybridized carbons (Fsp3) is 0.444. The van der Waals surface area contributed by atoms with Gasteiger partial charge in [0.25, 0.3) is 0 Å². The smallest absolute Gasteiger partial charge is 0.345 e. The molecule has 1 unspecified atom stereocenters. The van der Waals surface area contributed by atoms with Crippen LogP contribution in [0.5, 0.6) is 0 Å². The third-order valence-electron chi connectivity index (χ3n) is 5.49. The Kier molecular flexibility index (Phi) is 10.6. The van der Waals surface area contributed by atoms with Crippen molar-refractivity contribution in [2.75, 3.05) is 0 Å². The van der Waals surface area contributed by atoms with Crippen molar-refractivity contribution in [1.29, 1.82) is 0 Å². The third-order valence-corrected chi connectivity index (χ3v) is 6.62. The second-order valence-electron chi connectivity index (χ2n) is 7.91. The van der Waals surface area contributed by atoms with Crippen LogP contribution in [0.1, 0.15) is 97.0 Å². The molecule has 0 amide bonds. The number of aryl methyl sites for hydroxylation is 1.